The van der Waals surface area contributed by atoms with Crippen molar-refractivity contribution in [3.05, 3.63) is 35.9 Å². The summed E-state index contributed by atoms with van der Waals surface area (Å²) in [5, 5.41) is 5.85. The summed E-state index contributed by atoms with van der Waals surface area (Å²) in [5.41, 5.74) is 1.18. The number of rotatable bonds is 7. The van der Waals surface area contributed by atoms with Gasteiger partial charge < -0.3 is 10.6 Å². The van der Waals surface area contributed by atoms with E-state index >= 15 is 0 Å². The van der Waals surface area contributed by atoms with Gasteiger partial charge in [0.15, 0.2) is 5.17 Å². The molecule has 0 bridgehead atoms. The van der Waals surface area contributed by atoms with Gasteiger partial charge in [-0.2, -0.15) is 0 Å². The molecular formula is C16H21N3O2S. The van der Waals surface area contributed by atoms with Crippen molar-refractivity contribution in [1.82, 2.24) is 10.6 Å². The topological polar surface area (TPSA) is 70.6 Å². The van der Waals surface area contributed by atoms with Crippen molar-refractivity contribution in [3.8, 4) is 0 Å². The molecule has 2 N–H and O–H groups in total. The third-order valence-corrected chi connectivity index (χ3v) is 4.32. The Kier molecular flexibility index (Phi) is 6.45. The van der Waals surface area contributed by atoms with Gasteiger partial charge in [0.1, 0.15) is 5.25 Å². The summed E-state index contributed by atoms with van der Waals surface area (Å²) in [5.74, 6) is -0.224. The van der Waals surface area contributed by atoms with E-state index in [2.05, 4.69) is 15.6 Å². The highest BCUT2D eigenvalue weighted by Gasteiger charge is 2.31. The molecule has 0 spiro atoms. The van der Waals surface area contributed by atoms with Crippen LogP contribution in [0.1, 0.15) is 25.3 Å². The maximum Gasteiger partial charge on any atom is 0.240 e. The molecular weight excluding hydrogens is 298 g/mol. The van der Waals surface area contributed by atoms with Crippen LogP contribution < -0.4 is 10.6 Å². The van der Waals surface area contributed by atoms with E-state index in [9.17, 15) is 9.59 Å². The van der Waals surface area contributed by atoms with Crippen LogP contribution in [0.4, 0.5) is 0 Å². The number of hydrogen-bond donors (Lipinski definition) is 2. The summed E-state index contributed by atoms with van der Waals surface area (Å²) >= 11 is 1.35. The summed E-state index contributed by atoms with van der Waals surface area (Å²) in [6, 6.07) is 9.99. The molecule has 2 rings (SSSR count). The first-order valence-corrected chi connectivity index (χ1v) is 8.39. The zero-order valence-corrected chi connectivity index (χ0v) is 13.5. The van der Waals surface area contributed by atoms with Gasteiger partial charge in [-0.1, -0.05) is 49.0 Å². The fourth-order valence-corrected chi connectivity index (χ4v) is 3.06. The third-order valence-electron chi connectivity index (χ3n) is 3.20. The molecule has 1 aromatic rings. The Morgan fingerprint density at radius 3 is 2.86 bits per heavy atom. The number of nitrogens with one attached hydrogen (secondary N) is 2. The number of thioether (sulfide) groups is 1. The lowest BCUT2D eigenvalue weighted by Crippen LogP contribution is -2.32. The molecule has 1 fully saturated rings. The predicted octanol–water partition coefficient (Wildman–Crippen LogP) is 1.73. The largest absolute Gasteiger partial charge is 0.356 e. The zero-order valence-electron chi connectivity index (χ0n) is 12.7. The van der Waals surface area contributed by atoms with Crippen LogP contribution in [0.25, 0.3) is 0 Å². The molecule has 0 aromatic heterocycles. The van der Waals surface area contributed by atoms with Gasteiger partial charge in [0.25, 0.3) is 0 Å². The lowest BCUT2D eigenvalue weighted by atomic mass is 10.1. The van der Waals surface area contributed by atoms with Crippen LogP contribution in [0.15, 0.2) is 35.3 Å². The Morgan fingerprint density at radius 2 is 2.14 bits per heavy atom. The van der Waals surface area contributed by atoms with E-state index < -0.39 is 0 Å². The molecule has 6 heteroatoms. The number of benzene rings is 1. The highest BCUT2D eigenvalue weighted by molar-refractivity contribution is 8.15. The minimum absolute atomic E-state index is 0.0969. The minimum atomic E-state index is -0.368. The first-order chi connectivity index (χ1) is 10.7. The SMILES string of the molecule is CCCN=C1NC(=O)[C@@H](CC(=O)NCCc2ccccc2)S1. The summed E-state index contributed by atoms with van der Waals surface area (Å²) in [7, 11) is 0. The number of amidine groups is 1. The zero-order chi connectivity index (χ0) is 15.8. The minimum Gasteiger partial charge on any atom is -0.356 e. The van der Waals surface area contributed by atoms with Crippen LogP contribution in [0.2, 0.25) is 0 Å². The number of aliphatic imine (C=N–C) groups is 1. The molecule has 1 aliphatic rings. The maximum atomic E-state index is 11.9. The van der Waals surface area contributed by atoms with Crippen LogP contribution in [0.5, 0.6) is 0 Å². The fraction of sp³-hybridized carbons (Fsp3) is 0.438. The average Bonchev–Trinajstić information content (AvgIpc) is 2.86. The van der Waals surface area contributed by atoms with Crippen LogP contribution in [-0.4, -0.2) is 35.3 Å². The number of carbonyl (C=O) groups is 2. The Morgan fingerprint density at radius 1 is 1.36 bits per heavy atom. The van der Waals surface area contributed by atoms with Crippen LogP contribution in [-0.2, 0) is 16.0 Å². The smallest absolute Gasteiger partial charge is 0.240 e. The standard InChI is InChI=1S/C16H21N3O2S/c1-2-9-18-16-19-15(21)13(22-16)11-14(20)17-10-8-12-6-4-3-5-7-12/h3-7,13H,2,8-11H2,1H3,(H,17,20)(H,18,19,21)/t13-/m1/s1. The first-order valence-electron chi connectivity index (χ1n) is 7.51. The van der Waals surface area contributed by atoms with E-state index in [1.165, 1.54) is 17.3 Å². The molecule has 1 aliphatic heterocycles. The Balaban J connectivity index is 1.72. The molecule has 0 unspecified atom stereocenters. The Labute approximate surface area is 135 Å². The summed E-state index contributed by atoms with van der Waals surface area (Å²) in [6.07, 6.45) is 1.92. The Hall–Kier alpha value is -1.82. The van der Waals surface area contributed by atoms with E-state index in [1.807, 2.05) is 37.3 Å². The van der Waals surface area contributed by atoms with Gasteiger partial charge >= 0.3 is 0 Å². The van der Waals surface area contributed by atoms with Crippen LogP contribution >= 0.6 is 11.8 Å². The van der Waals surface area contributed by atoms with Gasteiger partial charge in [0.05, 0.1) is 0 Å². The summed E-state index contributed by atoms with van der Waals surface area (Å²) < 4.78 is 0. The van der Waals surface area contributed by atoms with Crippen molar-refractivity contribution in [2.24, 2.45) is 4.99 Å². The highest BCUT2D eigenvalue weighted by Crippen LogP contribution is 2.22. The van der Waals surface area contributed by atoms with Crippen molar-refractivity contribution >= 4 is 28.7 Å². The first kappa shape index (κ1) is 16.5. The fourth-order valence-electron chi connectivity index (χ4n) is 2.06. The normalized spacial score (nSPS) is 19.2. The van der Waals surface area contributed by atoms with Gasteiger partial charge in [0.2, 0.25) is 11.8 Å². The lowest BCUT2D eigenvalue weighted by molar-refractivity contribution is -0.125. The molecule has 118 valence electrons. The van der Waals surface area contributed by atoms with Gasteiger partial charge in [-0.05, 0) is 18.4 Å². The third kappa shape index (κ3) is 5.18. The molecule has 1 aromatic carbocycles. The van der Waals surface area contributed by atoms with Crippen LogP contribution in [0.3, 0.4) is 0 Å². The van der Waals surface area contributed by atoms with E-state index in [0.29, 0.717) is 18.3 Å². The monoisotopic (exact) mass is 319 g/mol. The number of amides is 2. The highest BCUT2D eigenvalue weighted by atomic mass is 32.2. The molecule has 2 amide bonds. The number of hydrogen-bond acceptors (Lipinski definition) is 4. The van der Waals surface area contributed by atoms with Gasteiger partial charge in [0, 0.05) is 19.5 Å². The Bertz CT molecular complexity index is 546. The molecule has 0 aliphatic carbocycles. The molecule has 0 radical (unpaired) electrons. The van der Waals surface area contributed by atoms with Crippen molar-refractivity contribution in [3.63, 3.8) is 0 Å². The van der Waals surface area contributed by atoms with Crippen molar-refractivity contribution < 1.29 is 9.59 Å². The molecule has 0 saturated carbocycles. The quantitative estimate of drug-likeness (QED) is 0.804. The van der Waals surface area contributed by atoms with Crippen molar-refractivity contribution in [1.29, 1.82) is 0 Å². The summed E-state index contributed by atoms with van der Waals surface area (Å²) in [4.78, 5) is 28.0. The van der Waals surface area contributed by atoms with Gasteiger partial charge in [-0.25, -0.2) is 0 Å². The summed E-state index contributed by atoms with van der Waals surface area (Å²) in [6.45, 7) is 3.31. The van der Waals surface area contributed by atoms with Gasteiger partial charge in [-0.3, -0.25) is 14.6 Å². The van der Waals surface area contributed by atoms with Crippen molar-refractivity contribution in [2.45, 2.75) is 31.4 Å². The number of nitrogens with zero attached hydrogens (tertiary/aromatic N) is 1. The molecule has 22 heavy (non-hydrogen) atoms. The molecule has 1 saturated heterocycles. The number of carbonyl (C=O) groups excluding carboxylic acids is 2. The van der Waals surface area contributed by atoms with E-state index in [4.69, 9.17) is 0 Å². The molecule has 1 heterocycles. The lowest BCUT2D eigenvalue weighted by Gasteiger charge is -2.07. The maximum absolute atomic E-state index is 11.9. The predicted molar refractivity (Wildman–Crippen MR) is 89.9 cm³/mol. The van der Waals surface area contributed by atoms with Gasteiger partial charge in [-0.15, -0.1) is 0 Å². The second kappa shape index (κ2) is 8.58. The second-order valence-electron chi connectivity index (χ2n) is 5.07. The van der Waals surface area contributed by atoms with E-state index in [-0.39, 0.29) is 23.5 Å². The van der Waals surface area contributed by atoms with Crippen LogP contribution in [0, 0.1) is 0 Å². The van der Waals surface area contributed by atoms with Crippen molar-refractivity contribution in [2.75, 3.05) is 13.1 Å². The second-order valence-corrected chi connectivity index (χ2v) is 6.26. The van der Waals surface area contributed by atoms with E-state index in [0.717, 1.165) is 12.8 Å². The average molecular weight is 319 g/mol. The molecule has 5 nitrogen and oxygen atoms in total. The molecule has 1 atom stereocenters. The van der Waals surface area contributed by atoms with E-state index in [1.54, 1.807) is 0 Å².